The molecule has 38 heteroatoms. The van der Waals surface area contributed by atoms with Gasteiger partial charge in [0.15, 0.2) is 24.4 Å². The number of ether oxygens (including phenoxy) is 6. The second-order valence-electron chi connectivity index (χ2n) is 24.5. The minimum absolute atomic E-state index is 0.0690. The van der Waals surface area contributed by atoms with E-state index in [-0.39, 0.29) is 30.2 Å². The number of hydrogen-bond donors (Lipinski definition) is 22. The number of guanidine groups is 2. The summed E-state index contributed by atoms with van der Waals surface area (Å²) < 4.78 is 34.1. The Bertz CT molecular complexity index is 3110. The summed E-state index contributed by atoms with van der Waals surface area (Å²) in [6.07, 6.45) is -29.8. The molecule has 0 aromatic heterocycles. The van der Waals surface area contributed by atoms with E-state index >= 15 is 9.59 Å². The van der Waals surface area contributed by atoms with E-state index in [1.165, 1.54) is 24.3 Å². The normalized spacial score (nSPS) is 35.6. The molecule has 0 bridgehead atoms. The van der Waals surface area contributed by atoms with Crippen LogP contribution in [-0.4, -0.2) is 317 Å². The molecule has 98 heavy (non-hydrogen) atoms. The maximum Gasteiger partial charge on any atom is 0.305 e. The molecule has 2 aromatic carbocycles. The summed E-state index contributed by atoms with van der Waals surface area (Å²) in [5, 5.41) is 160. The van der Waals surface area contributed by atoms with Crippen molar-refractivity contribution in [3.8, 4) is 5.75 Å². The number of amides is 6. The first-order valence-electron chi connectivity index (χ1n) is 31.8. The lowest BCUT2D eigenvalue weighted by molar-refractivity contribution is -0.352. The first-order valence-corrected chi connectivity index (χ1v) is 31.8. The number of aliphatic imine (C=N–C) groups is 2. The number of carbonyl (C=O) groups excluding carboxylic acids is 7. The minimum Gasteiger partial charge on any atom is -0.463 e. The Morgan fingerprint density at radius 3 is 1.89 bits per heavy atom. The van der Waals surface area contributed by atoms with Gasteiger partial charge in [-0.05, 0) is 29.7 Å². The van der Waals surface area contributed by atoms with Crippen LogP contribution in [0.2, 0.25) is 0 Å². The molecule has 8 rings (SSSR count). The van der Waals surface area contributed by atoms with Crippen LogP contribution in [0.5, 0.6) is 5.75 Å². The number of nitrogens with zero attached hydrogens (tertiary/aromatic N) is 3. The van der Waals surface area contributed by atoms with Crippen molar-refractivity contribution in [3.63, 3.8) is 0 Å². The van der Waals surface area contributed by atoms with Crippen LogP contribution in [-0.2, 0) is 63.7 Å². The van der Waals surface area contributed by atoms with Crippen LogP contribution in [0.1, 0.15) is 56.6 Å². The molecule has 0 saturated carbocycles. The van der Waals surface area contributed by atoms with E-state index < -0.39 is 246 Å². The number of aliphatic hydroxyl groups excluding tert-OH is 13. The zero-order chi connectivity index (χ0) is 71.4. The zero-order valence-corrected chi connectivity index (χ0v) is 53.2. The number of esters is 1. The molecule has 25 atom stereocenters. The van der Waals surface area contributed by atoms with Crippen LogP contribution in [0.3, 0.4) is 0 Å². The van der Waals surface area contributed by atoms with Crippen LogP contribution in [0, 0.1) is 0 Å². The molecule has 24 N–H and O–H groups in total. The molecule has 6 heterocycles. The molecule has 6 aliphatic rings. The van der Waals surface area contributed by atoms with Gasteiger partial charge in [-0.15, -0.1) is 0 Å². The van der Waals surface area contributed by atoms with Crippen molar-refractivity contribution < 1.29 is 128 Å². The summed E-state index contributed by atoms with van der Waals surface area (Å²) in [6.45, 7) is -1.82. The summed E-state index contributed by atoms with van der Waals surface area (Å²) in [7, 11) is 0. The maximum absolute atomic E-state index is 15.2. The molecule has 2 aromatic rings. The number of aliphatic hydroxyl groups is 13. The molecule has 6 aliphatic heterocycles. The summed E-state index contributed by atoms with van der Waals surface area (Å²) in [6, 6.07) is 0.759. The molecule has 0 radical (unpaired) electrons. The predicted octanol–water partition coefficient (Wildman–Crippen LogP) is -11.5. The number of rotatable bonds is 22. The number of hydrogen-bond acceptors (Lipinski definition) is 32. The summed E-state index contributed by atoms with van der Waals surface area (Å²) in [4.78, 5) is 109. The van der Waals surface area contributed by atoms with Crippen molar-refractivity contribution in [2.24, 2.45) is 21.5 Å². The highest BCUT2D eigenvalue weighted by Crippen LogP contribution is 2.33. The zero-order valence-electron chi connectivity index (χ0n) is 53.2. The van der Waals surface area contributed by atoms with Crippen molar-refractivity contribution in [2.45, 2.75) is 198 Å². The predicted molar refractivity (Wildman–Crippen MR) is 331 cm³/mol. The lowest BCUT2D eigenvalue weighted by Crippen LogP contribution is -2.70. The van der Waals surface area contributed by atoms with Gasteiger partial charge in [-0.2, -0.15) is 0 Å². The van der Waals surface area contributed by atoms with Crippen molar-refractivity contribution in [1.82, 2.24) is 42.1 Å². The quantitative estimate of drug-likeness (QED) is 0.0384. The average molecular weight is 1390 g/mol. The molecule has 544 valence electrons. The molecule has 0 aliphatic carbocycles. The number of nitrogens with one attached hydrogen (secondary N) is 7. The Kier molecular flexibility index (Phi) is 26.8. The van der Waals surface area contributed by atoms with Crippen LogP contribution in [0.25, 0.3) is 0 Å². The molecular weight excluding hydrogens is 1300 g/mol. The van der Waals surface area contributed by atoms with Gasteiger partial charge in [0.2, 0.25) is 41.7 Å². The lowest BCUT2D eigenvalue weighted by atomic mass is 9.92. The minimum atomic E-state index is -2.35. The van der Waals surface area contributed by atoms with Crippen LogP contribution < -0.4 is 53.4 Å². The fourth-order valence-electron chi connectivity index (χ4n) is 12.0. The molecule has 0 spiro atoms. The average Bonchev–Trinajstić information content (AvgIpc) is 1.43. The molecule has 6 amide bonds. The van der Waals surface area contributed by atoms with Gasteiger partial charge in [0, 0.05) is 18.8 Å². The van der Waals surface area contributed by atoms with Gasteiger partial charge in [0.05, 0.1) is 51.5 Å². The smallest absolute Gasteiger partial charge is 0.305 e. The van der Waals surface area contributed by atoms with Crippen LogP contribution >= 0.6 is 0 Å². The molecular formula is C60H88N12O26. The number of carbonyl (C=O) groups is 7. The fraction of sp³-hybridized carbons (Fsp3) is 0.650. The molecule has 38 nitrogen and oxygen atoms in total. The van der Waals surface area contributed by atoms with E-state index in [9.17, 15) is 90.4 Å². The van der Waals surface area contributed by atoms with Crippen molar-refractivity contribution in [2.75, 3.05) is 46.1 Å². The third-order valence-electron chi connectivity index (χ3n) is 17.7. The van der Waals surface area contributed by atoms with Gasteiger partial charge in [0.1, 0.15) is 128 Å². The monoisotopic (exact) mass is 1390 g/mol. The lowest BCUT2D eigenvalue weighted by Gasteiger charge is -2.46. The van der Waals surface area contributed by atoms with Gasteiger partial charge in [0.25, 0.3) is 0 Å². The van der Waals surface area contributed by atoms with Crippen LogP contribution in [0.15, 0.2) is 64.6 Å². The van der Waals surface area contributed by atoms with Crippen molar-refractivity contribution in [1.29, 1.82) is 0 Å². The van der Waals surface area contributed by atoms with E-state index in [1.54, 1.807) is 37.3 Å². The summed E-state index contributed by atoms with van der Waals surface area (Å²) in [5.41, 5.74) is 12.8. The SMILES string of the molecule is CCCCCC(=O)OC[C@H]1O[C@H](O[C@H]2[C@H](O)[C@H](O)[C@@H](Oc3ccc(C[C@H]4NC(=O)[C@H](C(C)c5ccccc5)NC(=O)CNC(=O)[C@H](CO)NC(=O)[C@@H](C(O)C5CN=C(N)N5[C@H]5O[C@H](CO)[C@@H](O)[C@H](O)[C@@H]5O)NC(=O)[C@H](C(O)C5CN=C(N)N5)NC4=O)cc3)O[C@@H]2CO)[C@@H](O)[C@@H](O)[C@@H]1O. The largest absolute Gasteiger partial charge is 0.463 e. The summed E-state index contributed by atoms with van der Waals surface area (Å²) in [5.74, 6) is -9.66. The Morgan fingerprint density at radius 2 is 1.23 bits per heavy atom. The fourth-order valence-corrected chi connectivity index (χ4v) is 12.0. The number of benzene rings is 2. The molecule has 5 unspecified atom stereocenters. The Labute approximate surface area is 559 Å². The van der Waals surface area contributed by atoms with Gasteiger partial charge in [-0.1, -0.05) is 69.2 Å². The first-order chi connectivity index (χ1) is 46.7. The van der Waals surface area contributed by atoms with Gasteiger partial charge >= 0.3 is 5.97 Å². The molecule has 4 saturated heterocycles. The van der Waals surface area contributed by atoms with Crippen molar-refractivity contribution >= 4 is 53.3 Å². The standard InChI is InChI=1S/C60H88N12O26/c1-3-4-6-11-36(77)93-23-34-43(81)45(83)48(86)58(97-34)98-50-33(22-75)96-57(49(87)46(50)84)94-27-14-12-25(13-15-27)16-28-52(89)70-38(40(78)29-17-64-59(61)68-29)55(92)71-39(41(79)31-18-65-60(62)72(31)56-47(85)44(82)42(80)32(21-74)95-56)54(91)67-30(20-73)51(88)63-19-35(76)69-37(53(90)66-28)24(2)26-9-7-5-8-10-26/h5,7-10,12-15,24,28-34,37-50,56-58,73-75,78-87H,3-4,6,11,16-23H2,1-2H3,(H2,62,65)(H,63,88)(H,66,90)(H,67,91)(H,69,76)(H,70,89)(H,71,92)(H3,61,64,68)/t24?,28-,29?,30+,31?,32-,33-,34-,37+,38+,39-,40?,41?,42-,43-,44+,45+,46-,47+,48+,49+,50-,56+,57+,58-/m1/s1. The third-order valence-corrected chi connectivity index (χ3v) is 17.7. The topological polar surface area (TPSA) is 602 Å². The van der Waals surface area contributed by atoms with Gasteiger partial charge in [-0.25, -0.2) is 0 Å². The highest BCUT2D eigenvalue weighted by Gasteiger charge is 2.54. The third kappa shape index (κ3) is 18.0. The highest BCUT2D eigenvalue weighted by atomic mass is 16.7. The maximum atomic E-state index is 15.2. The number of unbranched alkanes of at least 4 members (excludes halogenated alkanes) is 2. The Hall–Kier alpha value is -7.61. The van der Waals surface area contributed by atoms with Gasteiger partial charge in [-0.3, -0.25) is 43.5 Å². The Balaban J connectivity index is 1.07. The summed E-state index contributed by atoms with van der Waals surface area (Å²) >= 11 is 0. The van der Waals surface area contributed by atoms with E-state index in [0.29, 0.717) is 12.0 Å². The van der Waals surface area contributed by atoms with Crippen molar-refractivity contribution in [3.05, 3.63) is 65.7 Å². The second kappa shape index (κ2) is 34.4. The van der Waals surface area contributed by atoms with E-state index in [0.717, 1.165) is 17.7 Å². The molecule has 4 fully saturated rings. The van der Waals surface area contributed by atoms with E-state index in [2.05, 4.69) is 47.2 Å². The van der Waals surface area contributed by atoms with E-state index in [1.807, 2.05) is 6.92 Å². The second-order valence-corrected chi connectivity index (χ2v) is 24.5. The number of nitrogens with two attached hydrogens (primary N) is 2. The van der Waals surface area contributed by atoms with Crippen LogP contribution in [0.4, 0.5) is 0 Å². The Morgan fingerprint density at radius 1 is 0.622 bits per heavy atom. The van der Waals surface area contributed by atoms with Gasteiger partial charge < -0.3 is 148 Å². The highest BCUT2D eigenvalue weighted by molar-refractivity contribution is 5.98. The first kappa shape index (κ1) is 76.1. The van der Waals surface area contributed by atoms with E-state index in [4.69, 9.17) is 39.9 Å².